The summed E-state index contributed by atoms with van der Waals surface area (Å²) in [6, 6.07) is 5.67. The molecule has 1 aromatic rings. The maximum Gasteiger partial charge on any atom is 0.251 e. The van der Waals surface area contributed by atoms with Crippen molar-refractivity contribution in [3.8, 4) is 0 Å². The van der Waals surface area contributed by atoms with E-state index in [1.54, 1.807) is 6.07 Å². The smallest absolute Gasteiger partial charge is 0.251 e. The predicted molar refractivity (Wildman–Crippen MR) is 89.9 cm³/mol. The third kappa shape index (κ3) is 6.29. The van der Waals surface area contributed by atoms with E-state index >= 15 is 0 Å². The van der Waals surface area contributed by atoms with Crippen molar-refractivity contribution in [1.82, 2.24) is 10.6 Å². The number of amides is 2. The summed E-state index contributed by atoms with van der Waals surface area (Å²) in [5.41, 5.74) is 2.80. The lowest BCUT2D eigenvalue weighted by Crippen LogP contribution is -2.41. The molecule has 2 amide bonds. The van der Waals surface area contributed by atoms with Gasteiger partial charge in [0.15, 0.2) is 0 Å². The van der Waals surface area contributed by atoms with E-state index in [1.165, 1.54) is 0 Å². The molecule has 1 unspecified atom stereocenters. The van der Waals surface area contributed by atoms with Crippen LogP contribution in [0.5, 0.6) is 0 Å². The van der Waals surface area contributed by atoms with Crippen LogP contribution in [0.4, 0.5) is 0 Å². The van der Waals surface area contributed by atoms with Gasteiger partial charge in [0, 0.05) is 11.6 Å². The Kier molecular flexibility index (Phi) is 7.09. The summed E-state index contributed by atoms with van der Waals surface area (Å²) in [5, 5.41) is 5.57. The molecule has 4 heteroatoms. The van der Waals surface area contributed by atoms with Gasteiger partial charge in [0.05, 0.1) is 6.54 Å². The summed E-state index contributed by atoms with van der Waals surface area (Å²) < 4.78 is 0. The summed E-state index contributed by atoms with van der Waals surface area (Å²) in [4.78, 5) is 23.9. The maximum atomic E-state index is 12.0. The van der Waals surface area contributed by atoms with E-state index in [9.17, 15) is 9.59 Å². The highest BCUT2D eigenvalue weighted by Crippen LogP contribution is 2.09. The van der Waals surface area contributed by atoms with Crippen LogP contribution < -0.4 is 10.6 Å². The molecule has 122 valence electrons. The molecule has 22 heavy (non-hydrogen) atoms. The highest BCUT2D eigenvalue weighted by atomic mass is 16.2. The molecule has 4 nitrogen and oxygen atoms in total. The number of nitrogens with one attached hydrogen (secondary N) is 2. The molecule has 2 N–H and O–H groups in total. The standard InChI is InChI=1S/C18H28N2O2/c1-12(2)6-8-15(5)20-17(21)11-19-18(22)16-9-7-13(3)14(4)10-16/h7,9-10,12,15H,6,8,11H2,1-5H3,(H,19,22)(H,20,21). The second-order valence-corrected chi connectivity index (χ2v) is 6.42. The molecule has 0 spiro atoms. The van der Waals surface area contributed by atoms with E-state index < -0.39 is 0 Å². The normalized spacial score (nSPS) is 12.1. The zero-order valence-corrected chi connectivity index (χ0v) is 14.3. The molecule has 0 aromatic heterocycles. The lowest BCUT2D eigenvalue weighted by Gasteiger charge is -2.15. The predicted octanol–water partition coefficient (Wildman–Crippen LogP) is 2.97. The van der Waals surface area contributed by atoms with Crippen molar-refractivity contribution in [2.24, 2.45) is 5.92 Å². The van der Waals surface area contributed by atoms with Crippen LogP contribution in [-0.2, 0) is 4.79 Å². The first-order valence-corrected chi connectivity index (χ1v) is 7.94. The number of benzene rings is 1. The van der Waals surface area contributed by atoms with Crippen LogP contribution in [0, 0.1) is 19.8 Å². The molecule has 1 aromatic carbocycles. The number of hydrogen-bond donors (Lipinski definition) is 2. The first kappa shape index (κ1) is 18.2. The van der Waals surface area contributed by atoms with Gasteiger partial charge in [-0.3, -0.25) is 9.59 Å². The minimum Gasteiger partial charge on any atom is -0.352 e. The Morgan fingerprint density at radius 1 is 1.05 bits per heavy atom. The molecule has 0 aliphatic carbocycles. The van der Waals surface area contributed by atoms with Gasteiger partial charge in [0.1, 0.15) is 0 Å². The molecule has 0 radical (unpaired) electrons. The largest absolute Gasteiger partial charge is 0.352 e. The van der Waals surface area contributed by atoms with Crippen LogP contribution in [-0.4, -0.2) is 24.4 Å². The van der Waals surface area contributed by atoms with Crippen molar-refractivity contribution < 1.29 is 9.59 Å². The minimum absolute atomic E-state index is 0.0117. The fourth-order valence-electron chi connectivity index (χ4n) is 2.13. The van der Waals surface area contributed by atoms with Gasteiger partial charge in [-0.15, -0.1) is 0 Å². The third-order valence-corrected chi connectivity index (χ3v) is 3.76. The SMILES string of the molecule is Cc1ccc(C(=O)NCC(=O)NC(C)CCC(C)C)cc1C. The number of carbonyl (C=O) groups is 2. The summed E-state index contributed by atoms with van der Waals surface area (Å²) in [6.07, 6.45) is 2.03. The molecule has 0 saturated carbocycles. The minimum atomic E-state index is -0.215. The van der Waals surface area contributed by atoms with Gasteiger partial charge in [-0.1, -0.05) is 19.9 Å². The molecule has 1 atom stereocenters. The van der Waals surface area contributed by atoms with Gasteiger partial charge in [0.25, 0.3) is 5.91 Å². The van der Waals surface area contributed by atoms with Crippen LogP contribution in [0.15, 0.2) is 18.2 Å². The van der Waals surface area contributed by atoms with Gasteiger partial charge in [0.2, 0.25) is 5.91 Å². The van der Waals surface area contributed by atoms with Gasteiger partial charge in [-0.05, 0) is 62.8 Å². The van der Waals surface area contributed by atoms with Crippen molar-refractivity contribution in [1.29, 1.82) is 0 Å². The van der Waals surface area contributed by atoms with E-state index in [0.717, 1.165) is 24.0 Å². The van der Waals surface area contributed by atoms with Crippen molar-refractivity contribution >= 4 is 11.8 Å². The van der Waals surface area contributed by atoms with Crippen molar-refractivity contribution in [2.75, 3.05) is 6.54 Å². The zero-order chi connectivity index (χ0) is 16.7. The van der Waals surface area contributed by atoms with E-state index in [2.05, 4.69) is 24.5 Å². The highest BCUT2D eigenvalue weighted by Gasteiger charge is 2.11. The van der Waals surface area contributed by atoms with Gasteiger partial charge < -0.3 is 10.6 Å². The fourth-order valence-corrected chi connectivity index (χ4v) is 2.13. The molecule has 0 heterocycles. The maximum absolute atomic E-state index is 12.0. The molecular formula is C18H28N2O2. The number of hydrogen-bond acceptors (Lipinski definition) is 2. The van der Waals surface area contributed by atoms with Crippen LogP contribution in [0.2, 0.25) is 0 Å². The molecule has 0 saturated heterocycles. The summed E-state index contributed by atoms with van der Waals surface area (Å²) in [5.74, 6) is 0.269. The quantitative estimate of drug-likeness (QED) is 0.813. The Morgan fingerprint density at radius 3 is 2.32 bits per heavy atom. The fraction of sp³-hybridized carbons (Fsp3) is 0.556. The number of rotatable bonds is 7. The van der Waals surface area contributed by atoms with E-state index in [1.807, 2.05) is 32.9 Å². The van der Waals surface area contributed by atoms with Gasteiger partial charge >= 0.3 is 0 Å². The van der Waals surface area contributed by atoms with Crippen LogP contribution >= 0.6 is 0 Å². The van der Waals surface area contributed by atoms with E-state index in [-0.39, 0.29) is 24.4 Å². The first-order chi connectivity index (χ1) is 10.3. The Morgan fingerprint density at radius 2 is 1.73 bits per heavy atom. The Balaban J connectivity index is 2.40. The van der Waals surface area contributed by atoms with Crippen molar-refractivity contribution in [3.05, 3.63) is 34.9 Å². The average molecular weight is 304 g/mol. The van der Waals surface area contributed by atoms with Crippen molar-refractivity contribution in [2.45, 2.75) is 53.5 Å². The average Bonchev–Trinajstić information content (AvgIpc) is 2.45. The van der Waals surface area contributed by atoms with E-state index in [0.29, 0.717) is 11.5 Å². The summed E-state index contributed by atoms with van der Waals surface area (Å²) >= 11 is 0. The van der Waals surface area contributed by atoms with E-state index in [4.69, 9.17) is 0 Å². The Bertz CT molecular complexity index is 524. The Hall–Kier alpha value is -1.84. The third-order valence-electron chi connectivity index (χ3n) is 3.76. The lowest BCUT2D eigenvalue weighted by molar-refractivity contribution is -0.120. The number of carbonyl (C=O) groups excluding carboxylic acids is 2. The second kappa shape index (κ2) is 8.57. The first-order valence-electron chi connectivity index (χ1n) is 7.94. The van der Waals surface area contributed by atoms with Crippen LogP contribution in [0.3, 0.4) is 0 Å². The van der Waals surface area contributed by atoms with Crippen LogP contribution in [0.25, 0.3) is 0 Å². The molecule has 0 aliphatic heterocycles. The highest BCUT2D eigenvalue weighted by molar-refractivity contribution is 5.96. The number of aryl methyl sites for hydroxylation is 2. The summed E-state index contributed by atoms with van der Waals surface area (Å²) in [6.45, 7) is 10.3. The topological polar surface area (TPSA) is 58.2 Å². The molecule has 1 rings (SSSR count). The van der Waals surface area contributed by atoms with Gasteiger partial charge in [-0.2, -0.15) is 0 Å². The molecular weight excluding hydrogens is 276 g/mol. The molecule has 0 fully saturated rings. The van der Waals surface area contributed by atoms with Gasteiger partial charge in [-0.25, -0.2) is 0 Å². The lowest BCUT2D eigenvalue weighted by atomic mass is 10.0. The van der Waals surface area contributed by atoms with Crippen LogP contribution in [0.1, 0.15) is 55.1 Å². The zero-order valence-electron chi connectivity index (χ0n) is 14.3. The second-order valence-electron chi connectivity index (χ2n) is 6.42. The van der Waals surface area contributed by atoms with Crippen molar-refractivity contribution in [3.63, 3.8) is 0 Å². The monoisotopic (exact) mass is 304 g/mol. The molecule has 0 aliphatic rings. The Labute approximate surface area is 133 Å². The molecule has 0 bridgehead atoms. The summed E-state index contributed by atoms with van der Waals surface area (Å²) in [7, 11) is 0.